The van der Waals surface area contributed by atoms with Crippen molar-refractivity contribution in [1.82, 2.24) is 20.2 Å². The van der Waals surface area contributed by atoms with Gasteiger partial charge in [-0.05, 0) is 59.3 Å². The number of thioether (sulfide) groups is 1. The number of aryl methyl sites for hydroxylation is 3. The molecule has 2 aromatic carbocycles. The van der Waals surface area contributed by atoms with Crippen LogP contribution >= 0.6 is 23.1 Å². The maximum absolute atomic E-state index is 12.8. The van der Waals surface area contributed by atoms with Crippen LogP contribution in [0.15, 0.2) is 47.6 Å². The minimum Gasteiger partial charge on any atom is -0.292 e. The molecule has 4 rings (SSSR count). The van der Waals surface area contributed by atoms with E-state index < -0.39 is 0 Å². The number of benzene rings is 2. The lowest BCUT2D eigenvalue weighted by atomic mass is 10.1. The Morgan fingerprint density at radius 1 is 1.07 bits per heavy atom. The minimum atomic E-state index is 0.106. The number of tetrazole rings is 1. The first-order valence-electron chi connectivity index (χ1n) is 8.55. The lowest BCUT2D eigenvalue weighted by Gasteiger charge is -2.10. The number of rotatable bonds is 5. The van der Waals surface area contributed by atoms with E-state index in [0.717, 1.165) is 37.3 Å². The molecule has 0 N–H and O–H groups in total. The van der Waals surface area contributed by atoms with E-state index in [-0.39, 0.29) is 5.78 Å². The summed E-state index contributed by atoms with van der Waals surface area (Å²) in [5, 5.41) is 13.8. The summed E-state index contributed by atoms with van der Waals surface area (Å²) in [6.07, 6.45) is 0. The van der Waals surface area contributed by atoms with Crippen molar-refractivity contribution in [3.63, 3.8) is 0 Å². The van der Waals surface area contributed by atoms with Crippen molar-refractivity contribution in [3.8, 4) is 5.69 Å². The van der Waals surface area contributed by atoms with E-state index in [4.69, 9.17) is 0 Å². The number of fused-ring (bicyclic) bond motifs is 1. The molecule has 7 heteroatoms. The highest BCUT2D eigenvalue weighted by Gasteiger charge is 2.18. The van der Waals surface area contributed by atoms with E-state index in [1.165, 1.54) is 11.8 Å². The first-order chi connectivity index (χ1) is 13.1. The number of thiophene rings is 1. The highest BCUT2D eigenvalue weighted by molar-refractivity contribution is 7.99. The van der Waals surface area contributed by atoms with E-state index >= 15 is 0 Å². The summed E-state index contributed by atoms with van der Waals surface area (Å²) < 4.78 is 2.86. The third-order valence-corrected chi connectivity index (χ3v) is 6.75. The van der Waals surface area contributed by atoms with Crippen LogP contribution in [0.25, 0.3) is 15.8 Å². The SMILES string of the molecule is Cc1cccc(C)c1-n1nnnc1SCC(=O)c1sc2ccccc2c1C. The van der Waals surface area contributed by atoms with Crippen LogP contribution in [0.1, 0.15) is 26.4 Å². The van der Waals surface area contributed by atoms with Gasteiger partial charge in [0.15, 0.2) is 5.78 Å². The number of aromatic nitrogens is 4. The highest BCUT2D eigenvalue weighted by Crippen LogP contribution is 2.32. The zero-order valence-electron chi connectivity index (χ0n) is 15.3. The molecule has 0 saturated carbocycles. The standard InChI is InChI=1S/C20H18N4OS2/c1-12-7-6-8-13(2)18(12)24-20(21-22-23-24)26-11-16(25)19-14(3)15-9-4-5-10-17(15)27-19/h4-10H,11H2,1-3H3. The topological polar surface area (TPSA) is 60.7 Å². The largest absolute Gasteiger partial charge is 0.292 e. The highest BCUT2D eigenvalue weighted by atomic mass is 32.2. The van der Waals surface area contributed by atoms with Crippen molar-refractivity contribution in [2.75, 3.05) is 5.75 Å². The molecule has 136 valence electrons. The molecule has 0 fully saturated rings. The Hall–Kier alpha value is -2.51. The average molecular weight is 395 g/mol. The lowest BCUT2D eigenvalue weighted by molar-refractivity contribution is 0.102. The van der Waals surface area contributed by atoms with Crippen LogP contribution in [0.5, 0.6) is 0 Å². The van der Waals surface area contributed by atoms with Gasteiger partial charge < -0.3 is 0 Å². The smallest absolute Gasteiger partial charge is 0.214 e. The van der Waals surface area contributed by atoms with E-state index in [1.807, 2.05) is 51.1 Å². The van der Waals surface area contributed by atoms with Crippen LogP contribution in [0.3, 0.4) is 0 Å². The van der Waals surface area contributed by atoms with Gasteiger partial charge >= 0.3 is 0 Å². The first-order valence-corrected chi connectivity index (χ1v) is 10.4. The molecule has 4 aromatic rings. The fraction of sp³-hybridized carbons (Fsp3) is 0.200. The Labute approximate surface area is 165 Å². The molecule has 2 heterocycles. The zero-order valence-corrected chi connectivity index (χ0v) is 16.9. The van der Waals surface area contributed by atoms with Crippen molar-refractivity contribution in [1.29, 1.82) is 0 Å². The summed E-state index contributed by atoms with van der Waals surface area (Å²) in [4.78, 5) is 13.6. The first kappa shape index (κ1) is 17.9. The van der Waals surface area contributed by atoms with Crippen molar-refractivity contribution in [2.45, 2.75) is 25.9 Å². The quantitative estimate of drug-likeness (QED) is 0.360. The van der Waals surface area contributed by atoms with E-state index in [0.29, 0.717) is 10.9 Å². The maximum Gasteiger partial charge on any atom is 0.214 e. The average Bonchev–Trinajstić information content (AvgIpc) is 3.25. The molecule has 2 aromatic heterocycles. The summed E-state index contributed by atoms with van der Waals surface area (Å²) >= 11 is 2.92. The fourth-order valence-corrected chi connectivity index (χ4v) is 5.17. The molecular formula is C20H18N4OS2. The van der Waals surface area contributed by atoms with Crippen LogP contribution in [-0.4, -0.2) is 31.7 Å². The van der Waals surface area contributed by atoms with Crippen LogP contribution < -0.4 is 0 Å². The molecule has 0 saturated heterocycles. The molecule has 5 nitrogen and oxygen atoms in total. The lowest BCUT2D eigenvalue weighted by Crippen LogP contribution is -2.06. The molecule has 0 aliphatic heterocycles. The Balaban J connectivity index is 1.59. The number of carbonyl (C=O) groups is 1. The normalized spacial score (nSPS) is 11.2. The molecule has 0 unspecified atom stereocenters. The van der Waals surface area contributed by atoms with Crippen molar-refractivity contribution in [3.05, 3.63) is 64.0 Å². The second-order valence-corrected chi connectivity index (χ2v) is 8.37. The van der Waals surface area contributed by atoms with Gasteiger partial charge in [-0.15, -0.1) is 16.4 Å². The summed E-state index contributed by atoms with van der Waals surface area (Å²) in [7, 11) is 0. The number of nitrogens with zero attached hydrogens (tertiary/aromatic N) is 4. The number of hydrogen-bond donors (Lipinski definition) is 0. The zero-order chi connectivity index (χ0) is 19.0. The molecule has 27 heavy (non-hydrogen) atoms. The van der Waals surface area contributed by atoms with Gasteiger partial charge in [-0.1, -0.05) is 48.2 Å². The third-order valence-electron chi connectivity index (χ3n) is 4.52. The Bertz CT molecular complexity index is 1130. The number of hydrogen-bond acceptors (Lipinski definition) is 6. The van der Waals surface area contributed by atoms with Crippen molar-refractivity contribution < 1.29 is 4.79 Å². The van der Waals surface area contributed by atoms with E-state index in [1.54, 1.807) is 16.0 Å². The van der Waals surface area contributed by atoms with Gasteiger partial charge in [-0.3, -0.25) is 4.79 Å². The van der Waals surface area contributed by atoms with Crippen LogP contribution in [0, 0.1) is 20.8 Å². The summed E-state index contributed by atoms with van der Waals surface area (Å²) in [6.45, 7) is 6.08. The maximum atomic E-state index is 12.8. The molecule has 0 spiro atoms. The number of Topliss-reactive ketones (excluding diaryl/α,β-unsaturated/α-hetero) is 1. The van der Waals surface area contributed by atoms with Gasteiger partial charge in [0.2, 0.25) is 5.16 Å². The van der Waals surface area contributed by atoms with Crippen molar-refractivity contribution in [2.24, 2.45) is 0 Å². The molecule has 0 aliphatic rings. The van der Waals surface area contributed by atoms with Crippen LogP contribution in [0.4, 0.5) is 0 Å². The number of carbonyl (C=O) groups excluding carboxylic acids is 1. The van der Waals surface area contributed by atoms with Gasteiger partial charge in [0.05, 0.1) is 16.3 Å². The van der Waals surface area contributed by atoms with Gasteiger partial charge in [0, 0.05) is 4.70 Å². The Kier molecular flexibility index (Phi) is 4.80. The van der Waals surface area contributed by atoms with Gasteiger partial charge in [-0.25, -0.2) is 0 Å². The summed E-state index contributed by atoms with van der Waals surface area (Å²) in [5.74, 6) is 0.411. The summed E-state index contributed by atoms with van der Waals surface area (Å²) in [5.41, 5.74) is 4.21. The van der Waals surface area contributed by atoms with Crippen LogP contribution in [0.2, 0.25) is 0 Å². The summed E-state index contributed by atoms with van der Waals surface area (Å²) in [6, 6.07) is 14.2. The number of ketones is 1. The van der Waals surface area contributed by atoms with E-state index in [2.05, 4.69) is 27.7 Å². The monoisotopic (exact) mass is 394 g/mol. The van der Waals surface area contributed by atoms with Gasteiger partial charge in [0.1, 0.15) is 0 Å². The molecule has 0 atom stereocenters. The molecule has 0 aliphatic carbocycles. The molecule has 0 bridgehead atoms. The minimum absolute atomic E-state index is 0.106. The van der Waals surface area contributed by atoms with Crippen LogP contribution in [-0.2, 0) is 0 Å². The second kappa shape index (κ2) is 7.25. The third kappa shape index (κ3) is 3.28. The molecular weight excluding hydrogens is 376 g/mol. The second-order valence-electron chi connectivity index (χ2n) is 6.38. The number of para-hydroxylation sites is 1. The Morgan fingerprint density at radius 3 is 2.56 bits per heavy atom. The molecule has 0 radical (unpaired) electrons. The predicted molar refractivity (Wildman–Crippen MR) is 110 cm³/mol. The Morgan fingerprint density at radius 2 is 1.81 bits per heavy atom. The van der Waals surface area contributed by atoms with Gasteiger partial charge in [-0.2, -0.15) is 4.68 Å². The van der Waals surface area contributed by atoms with Crippen molar-refractivity contribution >= 4 is 39.0 Å². The predicted octanol–water partition coefficient (Wildman–Crippen LogP) is 4.78. The van der Waals surface area contributed by atoms with E-state index in [9.17, 15) is 4.79 Å². The molecule has 0 amide bonds. The van der Waals surface area contributed by atoms with Gasteiger partial charge in [0.25, 0.3) is 0 Å². The fourth-order valence-electron chi connectivity index (χ4n) is 3.18.